The fourth-order valence-corrected chi connectivity index (χ4v) is 3.65. The van der Waals surface area contributed by atoms with Crippen LogP contribution in [0.15, 0.2) is 53.3 Å². The number of hydrogen-bond donors (Lipinski definition) is 0. The van der Waals surface area contributed by atoms with E-state index in [0.29, 0.717) is 27.5 Å². The molecule has 0 bridgehead atoms. The first-order valence-corrected chi connectivity index (χ1v) is 9.86. The Morgan fingerprint density at radius 2 is 2.04 bits per heavy atom. The van der Waals surface area contributed by atoms with Gasteiger partial charge in [0.05, 0.1) is 11.1 Å². The molecule has 0 atom stereocenters. The molecule has 0 aliphatic rings. The molecule has 4 rings (SSSR count). The molecule has 0 spiro atoms. The number of thiazole rings is 1. The molecule has 0 saturated heterocycles. The number of rotatable bonds is 6. The number of ether oxygens (including phenoxy) is 1. The van der Waals surface area contributed by atoms with Crippen LogP contribution in [-0.4, -0.2) is 21.2 Å². The summed E-state index contributed by atoms with van der Waals surface area (Å²) >= 11 is 1.23. The lowest BCUT2D eigenvalue weighted by atomic mass is 10.2. The van der Waals surface area contributed by atoms with Gasteiger partial charge in [-0.15, -0.1) is 5.10 Å². The van der Waals surface area contributed by atoms with Crippen LogP contribution in [0.5, 0.6) is 5.75 Å². The van der Waals surface area contributed by atoms with Gasteiger partial charge in [-0.05, 0) is 54.5 Å². The molecule has 7 heteroatoms. The van der Waals surface area contributed by atoms with E-state index in [4.69, 9.17) is 4.74 Å². The largest absolute Gasteiger partial charge is 0.494 e. The summed E-state index contributed by atoms with van der Waals surface area (Å²) in [4.78, 5) is 17.6. The highest BCUT2D eigenvalue weighted by Crippen LogP contribution is 2.20. The minimum atomic E-state index is -0.343. The van der Waals surface area contributed by atoms with E-state index in [1.54, 1.807) is 18.2 Å². The highest BCUT2D eigenvalue weighted by Gasteiger charge is 2.12. The van der Waals surface area contributed by atoms with E-state index in [2.05, 4.69) is 17.0 Å². The zero-order valence-electron chi connectivity index (χ0n) is 15.3. The van der Waals surface area contributed by atoms with Gasteiger partial charge in [0.2, 0.25) is 4.96 Å². The van der Waals surface area contributed by atoms with Crippen LogP contribution in [0.4, 0.5) is 4.39 Å². The molecule has 0 aliphatic carbocycles. The van der Waals surface area contributed by atoms with Crippen molar-refractivity contribution in [1.29, 1.82) is 0 Å². The van der Waals surface area contributed by atoms with Gasteiger partial charge in [-0.3, -0.25) is 4.79 Å². The van der Waals surface area contributed by atoms with Gasteiger partial charge in [-0.1, -0.05) is 36.8 Å². The Hall–Kier alpha value is -3.06. The number of hydrogen-bond acceptors (Lipinski definition) is 5. The van der Waals surface area contributed by atoms with Crippen molar-refractivity contribution in [1.82, 2.24) is 14.6 Å². The van der Waals surface area contributed by atoms with Crippen molar-refractivity contribution in [3.8, 4) is 17.1 Å². The van der Waals surface area contributed by atoms with Gasteiger partial charge < -0.3 is 4.74 Å². The summed E-state index contributed by atoms with van der Waals surface area (Å²) in [7, 11) is 0. The van der Waals surface area contributed by atoms with Crippen LogP contribution in [0.3, 0.4) is 0 Å². The Morgan fingerprint density at radius 1 is 1.21 bits per heavy atom. The molecule has 2 heterocycles. The second kappa shape index (κ2) is 7.90. The lowest BCUT2D eigenvalue weighted by Gasteiger charge is -2.05. The zero-order chi connectivity index (χ0) is 19.5. The minimum Gasteiger partial charge on any atom is -0.494 e. The quantitative estimate of drug-likeness (QED) is 0.467. The number of unbranched alkanes of at least 4 members (excludes halogenated alkanes) is 1. The SMILES string of the molecule is CCCCOc1ccc(-c2nc3s/c(=C/c4cccc(F)c4)c(=O)n3n2)cc1. The summed E-state index contributed by atoms with van der Waals surface area (Å²) in [6, 6.07) is 13.6. The Kier molecular flexibility index (Phi) is 5.16. The van der Waals surface area contributed by atoms with Crippen LogP contribution in [-0.2, 0) is 0 Å². The molecule has 0 unspecified atom stereocenters. The Bertz CT molecular complexity index is 1210. The Morgan fingerprint density at radius 3 is 2.75 bits per heavy atom. The number of fused-ring (bicyclic) bond motifs is 1. The molecule has 2 aromatic heterocycles. The molecular weight excluding hydrogens is 377 g/mol. The maximum absolute atomic E-state index is 13.3. The molecule has 2 aromatic carbocycles. The fourth-order valence-electron chi connectivity index (χ4n) is 2.74. The average Bonchev–Trinajstić information content (AvgIpc) is 3.23. The van der Waals surface area contributed by atoms with Crippen molar-refractivity contribution in [2.75, 3.05) is 6.61 Å². The van der Waals surface area contributed by atoms with Crippen LogP contribution in [0, 0.1) is 5.82 Å². The van der Waals surface area contributed by atoms with Gasteiger partial charge in [-0.25, -0.2) is 4.39 Å². The molecule has 28 heavy (non-hydrogen) atoms. The summed E-state index contributed by atoms with van der Waals surface area (Å²) < 4.78 is 20.7. The maximum Gasteiger partial charge on any atom is 0.291 e. The third kappa shape index (κ3) is 3.80. The van der Waals surface area contributed by atoms with E-state index in [1.165, 1.54) is 28.0 Å². The maximum atomic E-state index is 13.3. The summed E-state index contributed by atoms with van der Waals surface area (Å²) in [6.45, 7) is 2.81. The summed E-state index contributed by atoms with van der Waals surface area (Å²) in [5.41, 5.74) is 1.18. The van der Waals surface area contributed by atoms with Crippen molar-refractivity contribution >= 4 is 22.4 Å². The summed E-state index contributed by atoms with van der Waals surface area (Å²) in [5, 5.41) is 4.34. The van der Waals surface area contributed by atoms with E-state index < -0.39 is 0 Å². The first-order chi connectivity index (χ1) is 13.6. The zero-order valence-corrected chi connectivity index (χ0v) is 16.1. The van der Waals surface area contributed by atoms with Gasteiger partial charge in [0.25, 0.3) is 5.56 Å². The molecule has 142 valence electrons. The summed E-state index contributed by atoms with van der Waals surface area (Å²) in [6.07, 6.45) is 3.75. The highest BCUT2D eigenvalue weighted by molar-refractivity contribution is 7.15. The monoisotopic (exact) mass is 395 g/mol. The third-order valence-corrected chi connectivity index (χ3v) is 5.17. The molecule has 5 nitrogen and oxygen atoms in total. The molecular formula is C21H18FN3O2S. The topological polar surface area (TPSA) is 56.5 Å². The molecule has 0 fully saturated rings. The molecule has 0 radical (unpaired) electrons. The highest BCUT2D eigenvalue weighted by atomic mass is 32.1. The van der Waals surface area contributed by atoms with E-state index in [1.807, 2.05) is 24.3 Å². The minimum absolute atomic E-state index is 0.262. The number of halogens is 1. The van der Waals surface area contributed by atoms with Gasteiger partial charge in [0.1, 0.15) is 11.6 Å². The normalized spacial score (nSPS) is 12.0. The first-order valence-electron chi connectivity index (χ1n) is 9.04. The molecule has 0 saturated carbocycles. The Balaban J connectivity index is 1.62. The molecule has 0 N–H and O–H groups in total. The van der Waals surface area contributed by atoms with Crippen LogP contribution < -0.4 is 14.8 Å². The summed E-state index contributed by atoms with van der Waals surface area (Å²) in [5.74, 6) is 0.945. The second-order valence-electron chi connectivity index (χ2n) is 6.33. The van der Waals surface area contributed by atoms with E-state index in [-0.39, 0.29) is 11.4 Å². The smallest absolute Gasteiger partial charge is 0.291 e. The lowest BCUT2D eigenvalue weighted by molar-refractivity contribution is 0.309. The Labute approximate surface area is 164 Å². The van der Waals surface area contributed by atoms with Crippen LogP contribution >= 0.6 is 11.3 Å². The van der Waals surface area contributed by atoms with Crippen molar-refractivity contribution in [2.45, 2.75) is 19.8 Å². The number of aromatic nitrogens is 3. The predicted molar refractivity (Wildman–Crippen MR) is 108 cm³/mol. The number of benzene rings is 2. The standard InChI is InChI=1S/C21H18FN3O2S/c1-2-3-11-27-17-9-7-15(8-10-17)19-23-21-25(24-19)20(26)18(28-21)13-14-5-4-6-16(22)12-14/h4-10,12-13H,2-3,11H2,1H3/b18-13+. The van der Waals surface area contributed by atoms with Gasteiger partial charge in [-0.2, -0.15) is 9.50 Å². The van der Waals surface area contributed by atoms with Crippen molar-refractivity contribution in [2.24, 2.45) is 0 Å². The van der Waals surface area contributed by atoms with Gasteiger partial charge in [0.15, 0.2) is 5.82 Å². The van der Waals surface area contributed by atoms with E-state index in [9.17, 15) is 9.18 Å². The van der Waals surface area contributed by atoms with Crippen LogP contribution in [0.1, 0.15) is 25.3 Å². The third-order valence-electron chi connectivity index (χ3n) is 4.21. The molecule has 4 aromatic rings. The molecule has 0 aliphatic heterocycles. The molecule has 0 amide bonds. The van der Waals surface area contributed by atoms with Crippen LogP contribution in [0.25, 0.3) is 22.4 Å². The number of nitrogens with zero attached hydrogens (tertiary/aromatic N) is 3. The van der Waals surface area contributed by atoms with Crippen molar-refractivity contribution < 1.29 is 9.13 Å². The van der Waals surface area contributed by atoms with Crippen molar-refractivity contribution in [3.63, 3.8) is 0 Å². The predicted octanol–water partition coefficient (Wildman–Crippen LogP) is 3.68. The fraction of sp³-hybridized carbons (Fsp3) is 0.190. The van der Waals surface area contributed by atoms with Crippen molar-refractivity contribution in [3.05, 3.63) is 74.8 Å². The average molecular weight is 395 g/mol. The lowest BCUT2D eigenvalue weighted by Crippen LogP contribution is -2.23. The van der Waals surface area contributed by atoms with Gasteiger partial charge in [0, 0.05) is 5.56 Å². The van der Waals surface area contributed by atoms with E-state index >= 15 is 0 Å². The van der Waals surface area contributed by atoms with E-state index in [0.717, 1.165) is 24.2 Å². The second-order valence-corrected chi connectivity index (χ2v) is 7.34. The first kappa shape index (κ1) is 18.3. The van der Waals surface area contributed by atoms with Gasteiger partial charge >= 0.3 is 0 Å². The van der Waals surface area contributed by atoms with Crippen LogP contribution in [0.2, 0.25) is 0 Å².